The van der Waals surface area contributed by atoms with E-state index in [1.165, 1.54) is 0 Å². The summed E-state index contributed by atoms with van der Waals surface area (Å²) in [7, 11) is 1.78. The van der Waals surface area contributed by atoms with E-state index in [0.29, 0.717) is 18.5 Å². The SMILES string of the molecule is Cc1ccc(CCNC(=O)NCC(C)(O)c2cnn(C)c2)cn1. The van der Waals surface area contributed by atoms with Crippen LogP contribution in [0, 0.1) is 6.92 Å². The minimum Gasteiger partial charge on any atom is -0.383 e. The quantitative estimate of drug-likeness (QED) is 0.737. The number of nitrogens with one attached hydrogen (secondary N) is 2. The van der Waals surface area contributed by atoms with Crippen molar-refractivity contribution in [3.05, 3.63) is 47.5 Å². The van der Waals surface area contributed by atoms with Crippen LogP contribution < -0.4 is 10.6 Å². The zero-order chi connectivity index (χ0) is 16.9. The van der Waals surface area contributed by atoms with Crippen LogP contribution in [0.2, 0.25) is 0 Å². The van der Waals surface area contributed by atoms with Crippen molar-refractivity contribution in [2.45, 2.75) is 25.9 Å². The molecule has 2 aromatic heterocycles. The number of pyridine rings is 1. The molecule has 2 amide bonds. The van der Waals surface area contributed by atoms with Gasteiger partial charge < -0.3 is 15.7 Å². The topological polar surface area (TPSA) is 92.1 Å². The van der Waals surface area contributed by atoms with E-state index in [0.717, 1.165) is 11.3 Å². The summed E-state index contributed by atoms with van der Waals surface area (Å²) in [6.45, 7) is 4.19. The van der Waals surface area contributed by atoms with Crippen LogP contribution in [0.15, 0.2) is 30.7 Å². The number of aromatic nitrogens is 3. The summed E-state index contributed by atoms with van der Waals surface area (Å²) in [5.41, 5.74) is 1.54. The molecule has 7 nitrogen and oxygen atoms in total. The fourth-order valence-electron chi connectivity index (χ4n) is 2.08. The zero-order valence-electron chi connectivity index (χ0n) is 13.7. The van der Waals surface area contributed by atoms with Crippen molar-refractivity contribution in [1.82, 2.24) is 25.4 Å². The highest BCUT2D eigenvalue weighted by molar-refractivity contribution is 5.73. The standard InChI is InChI=1S/C16H23N5O2/c1-12-4-5-13(8-18-12)6-7-17-15(22)19-11-16(2,23)14-9-20-21(3)10-14/h4-5,8-10,23H,6-7,11H2,1-3H3,(H2,17,19,22). The van der Waals surface area contributed by atoms with E-state index >= 15 is 0 Å². The van der Waals surface area contributed by atoms with Gasteiger partial charge in [-0.1, -0.05) is 6.07 Å². The van der Waals surface area contributed by atoms with Crippen molar-refractivity contribution in [2.24, 2.45) is 7.05 Å². The summed E-state index contributed by atoms with van der Waals surface area (Å²) in [6, 6.07) is 3.63. The van der Waals surface area contributed by atoms with Gasteiger partial charge in [-0.15, -0.1) is 0 Å². The number of carbonyl (C=O) groups excluding carboxylic acids is 1. The highest BCUT2D eigenvalue weighted by Crippen LogP contribution is 2.18. The molecular weight excluding hydrogens is 294 g/mol. The Balaban J connectivity index is 1.73. The molecule has 2 aromatic rings. The third kappa shape index (κ3) is 5.07. The fourth-order valence-corrected chi connectivity index (χ4v) is 2.08. The summed E-state index contributed by atoms with van der Waals surface area (Å²) in [5, 5.41) is 19.8. The summed E-state index contributed by atoms with van der Waals surface area (Å²) in [5.74, 6) is 0. The van der Waals surface area contributed by atoms with E-state index in [2.05, 4.69) is 20.7 Å². The number of hydrogen-bond acceptors (Lipinski definition) is 4. The van der Waals surface area contributed by atoms with Gasteiger partial charge in [-0.25, -0.2) is 4.79 Å². The number of hydrogen-bond donors (Lipinski definition) is 3. The molecule has 1 unspecified atom stereocenters. The molecule has 0 saturated carbocycles. The predicted molar refractivity (Wildman–Crippen MR) is 86.9 cm³/mol. The second-order valence-corrected chi connectivity index (χ2v) is 5.84. The summed E-state index contributed by atoms with van der Waals surface area (Å²) in [4.78, 5) is 16.0. The molecule has 0 aliphatic rings. The van der Waals surface area contributed by atoms with Crippen LogP contribution in [0.3, 0.4) is 0 Å². The Hall–Kier alpha value is -2.41. The number of aryl methyl sites for hydroxylation is 2. The van der Waals surface area contributed by atoms with E-state index in [9.17, 15) is 9.90 Å². The average molecular weight is 317 g/mol. The largest absolute Gasteiger partial charge is 0.383 e. The first-order chi connectivity index (χ1) is 10.9. The van der Waals surface area contributed by atoms with E-state index in [1.807, 2.05) is 25.3 Å². The van der Waals surface area contributed by atoms with E-state index < -0.39 is 5.60 Å². The first-order valence-electron chi connectivity index (χ1n) is 7.51. The zero-order valence-corrected chi connectivity index (χ0v) is 13.7. The molecule has 2 heterocycles. The maximum atomic E-state index is 11.8. The van der Waals surface area contributed by atoms with Gasteiger partial charge >= 0.3 is 6.03 Å². The number of aliphatic hydroxyl groups is 1. The van der Waals surface area contributed by atoms with E-state index in [1.54, 1.807) is 31.0 Å². The lowest BCUT2D eigenvalue weighted by Gasteiger charge is -2.22. The molecule has 7 heteroatoms. The Morgan fingerprint density at radius 2 is 2.13 bits per heavy atom. The summed E-state index contributed by atoms with van der Waals surface area (Å²) >= 11 is 0. The molecule has 0 saturated heterocycles. The van der Waals surface area contributed by atoms with Crippen LogP contribution in [0.5, 0.6) is 0 Å². The van der Waals surface area contributed by atoms with Crippen molar-refractivity contribution in [3.8, 4) is 0 Å². The molecule has 2 rings (SSSR count). The van der Waals surface area contributed by atoms with Gasteiger partial charge in [0, 0.05) is 37.2 Å². The van der Waals surface area contributed by atoms with Crippen LogP contribution in [-0.2, 0) is 19.1 Å². The van der Waals surface area contributed by atoms with Crippen LogP contribution >= 0.6 is 0 Å². The van der Waals surface area contributed by atoms with Crippen molar-refractivity contribution >= 4 is 6.03 Å². The third-order valence-electron chi connectivity index (χ3n) is 3.59. The molecule has 0 radical (unpaired) electrons. The maximum Gasteiger partial charge on any atom is 0.314 e. The minimum atomic E-state index is -1.16. The molecular formula is C16H23N5O2. The molecule has 0 fully saturated rings. The van der Waals surface area contributed by atoms with Gasteiger partial charge in [-0.05, 0) is 31.9 Å². The number of amides is 2. The average Bonchev–Trinajstić information content (AvgIpc) is 2.95. The van der Waals surface area contributed by atoms with E-state index in [4.69, 9.17) is 0 Å². The van der Waals surface area contributed by atoms with E-state index in [-0.39, 0.29) is 12.6 Å². The minimum absolute atomic E-state index is 0.108. The summed E-state index contributed by atoms with van der Waals surface area (Å²) in [6.07, 6.45) is 5.83. The Labute approximate surface area is 135 Å². The smallest absolute Gasteiger partial charge is 0.314 e. The highest BCUT2D eigenvalue weighted by atomic mass is 16.3. The van der Waals surface area contributed by atoms with Crippen LogP contribution in [0.25, 0.3) is 0 Å². The number of urea groups is 1. The third-order valence-corrected chi connectivity index (χ3v) is 3.59. The van der Waals surface area contributed by atoms with Crippen molar-refractivity contribution in [3.63, 3.8) is 0 Å². The molecule has 23 heavy (non-hydrogen) atoms. The first kappa shape index (κ1) is 17.0. The molecule has 0 aromatic carbocycles. The first-order valence-corrected chi connectivity index (χ1v) is 7.51. The van der Waals surface area contributed by atoms with Gasteiger partial charge in [0.25, 0.3) is 0 Å². The Morgan fingerprint density at radius 3 is 2.74 bits per heavy atom. The van der Waals surface area contributed by atoms with Crippen molar-refractivity contribution in [1.29, 1.82) is 0 Å². The predicted octanol–water partition coefficient (Wildman–Crippen LogP) is 0.873. The number of carbonyl (C=O) groups is 1. The Bertz CT molecular complexity index is 649. The fraction of sp³-hybridized carbons (Fsp3) is 0.438. The Kier molecular flexibility index (Phi) is 5.33. The lowest BCUT2D eigenvalue weighted by Crippen LogP contribution is -2.43. The lowest BCUT2D eigenvalue weighted by molar-refractivity contribution is 0.0593. The highest BCUT2D eigenvalue weighted by Gasteiger charge is 2.25. The second kappa shape index (κ2) is 7.23. The normalized spacial score (nSPS) is 13.4. The Morgan fingerprint density at radius 1 is 1.35 bits per heavy atom. The molecule has 0 spiro atoms. The van der Waals surface area contributed by atoms with Gasteiger partial charge in [-0.2, -0.15) is 5.10 Å². The molecule has 124 valence electrons. The van der Waals surface area contributed by atoms with Crippen LogP contribution in [0.1, 0.15) is 23.7 Å². The maximum absolute atomic E-state index is 11.8. The van der Waals surface area contributed by atoms with Gasteiger partial charge in [-0.3, -0.25) is 9.67 Å². The second-order valence-electron chi connectivity index (χ2n) is 5.84. The van der Waals surface area contributed by atoms with Crippen LogP contribution in [-0.4, -0.2) is 39.0 Å². The summed E-state index contributed by atoms with van der Waals surface area (Å²) < 4.78 is 1.61. The molecule has 0 bridgehead atoms. The van der Waals surface area contributed by atoms with Crippen molar-refractivity contribution < 1.29 is 9.90 Å². The monoisotopic (exact) mass is 317 g/mol. The van der Waals surface area contributed by atoms with Gasteiger partial charge in [0.1, 0.15) is 5.60 Å². The number of nitrogens with zero attached hydrogens (tertiary/aromatic N) is 3. The van der Waals surface area contributed by atoms with Gasteiger partial charge in [0.15, 0.2) is 0 Å². The lowest BCUT2D eigenvalue weighted by atomic mass is 10.00. The van der Waals surface area contributed by atoms with Gasteiger partial charge in [0.2, 0.25) is 0 Å². The molecule has 3 N–H and O–H groups in total. The van der Waals surface area contributed by atoms with Crippen LogP contribution in [0.4, 0.5) is 4.79 Å². The molecule has 0 aliphatic carbocycles. The van der Waals surface area contributed by atoms with Crippen molar-refractivity contribution in [2.75, 3.05) is 13.1 Å². The molecule has 1 atom stereocenters. The molecule has 0 aliphatic heterocycles. The number of rotatable bonds is 6. The van der Waals surface area contributed by atoms with Gasteiger partial charge in [0.05, 0.1) is 12.7 Å².